The third-order valence-electron chi connectivity index (χ3n) is 4.80. The van der Waals surface area contributed by atoms with Crippen molar-refractivity contribution in [3.8, 4) is 0 Å². The van der Waals surface area contributed by atoms with Crippen LogP contribution in [0.4, 0.5) is 5.69 Å². The third-order valence-corrected chi connectivity index (χ3v) is 6.58. The van der Waals surface area contributed by atoms with Crippen LogP contribution in [0.15, 0.2) is 47.4 Å². The van der Waals surface area contributed by atoms with Crippen molar-refractivity contribution < 1.29 is 13.2 Å². The molecule has 0 atom stereocenters. The number of nitrogens with zero attached hydrogens (tertiary/aromatic N) is 1. The number of amides is 1. The summed E-state index contributed by atoms with van der Waals surface area (Å²) in [6.45, 7) is 7.79. The lowest BCUT2D eigenvalue weighted by Crippen LogP contribution is -2.34. The number of aryl methyl sites for hydroxylation is 2. The number of rotatable bonds is 7. The van der Waals surface area contributed by atoms with Crippen molar-refractivity contribution in [2.75, 3.05) is 11.4 Å². The van der Waals surface area contributed by atoms with Crippen LogP contribution in [0, 0.1) is 13.8 Å². The van der Waals surface area contributed by atoms with Crippen molar-refractivity contribution in [2.45, 2.75) is 51.5 Å². The Morgan fingerprint density at radius 2 is 1.63 bits per heavy atom. The van der Waals surface area contributed by atoms with Crippen molar-refractivity contribution in [1.29, 1.82) is 0 Å². The first kappa shape index (κ1) is 21.0. The molecular weight excluding hydrogens is 360 g/mol. The van der Waals surface area contributed by atoms with Gasteiger partial charge < -0.3 is 5.32 Å². The Labute approximate surface area is 162 Å². The molecule has 0 heterocycles. The first-order valence-electron chi connectivity index (χ1n) is 9.17. The Hall–Kier alpha value is -2.34. The lowest BCUT2D eigenvalue weighted by molar-refractivity contribution is 0.0935. The minimum absolute atomic E-state index is 0.137. The average molecular weight is 389 g/mol. The fourth-order valence-electron chi connectivity index (χ4n) is 2.91. The maximum atomic E-state index is 12.9. The van der Waals surface area contributed by atoms with Crippen molar-refractivity contribution in [3.05, 3.63) is 59.2 Å². The molecule has 6 heteroatoms. The molecule has 2 aromatic rings. The third kappa shape index (κ3) is 4.69. The molecule has 5 nitrogen and oxygen atoms in total. The molecule has 0 spiro atoms. The molecule has 0 aromatic heterocycles. The first-order valence-corrected chi connectivity index (χ1v) is 10.6. The number of carbonyl (C=O) groups excluding carboxylic acids is 1. The van der Waals surface area contributed by atoms with Gasteiger partial charge in [-0.3, -0.25) is 9.10 Å². The molecule has 0 aliphatic carbocycles. The lowest BCUT2D eigenvalue weighted by atomic mass is 10.1. The van der Waals surface area contributed by atoms with Gasteiger partial charge in [0.2, 0.25) is 0 Å². The fraction of sp³-hybridized carbons (Fsp3) is 0.381. The molecule has 0 radical (unpaired) electrons. The highest BCUT2D eigenvalue weighted by molar-refractivity contribution is 7.92. The molecule has 0 fully saturated rings. The number of anilines is 1. The zero-order chi connectivity index (χ0) is 20.2. The van der Waals surface area contributed by atoms with Gasteiger partial charge in [-0.05, 0) is 62.6 Å². The Bertz CT molecular complexity index is 902. The molecular formula is C21H28N2O3S. The molecule has 0 unspecified atom stereocenters. The highest BCUT2D eigenvalue weighted by Crippen LogP contribution is 2.26. The summed E-state index contributed by atoms with van der Waals surface area (Å²) in [5.41, 5.74) is 2.81. The molecule has 0 saturated heterocycles. The number of benzene rings is 2. The highest BCUT2D eigenvalue weighted by atomic mass is 32.2. The lowest BCUT2D eigenvalue weighted by Gasteiger charge is -2.22. The van der Waals surface area contributed by atoms with Gasteiger partial charge in [0, 0.05) is 18.7 Å². The van der Waals surface area contributed by atoms with E-state index >= 15 is 0 Å². The molecule has 27 heavy (non-hydrogen) atoms. The summed E-state index contributed by atoms with van der Waals surface area (Å²) < 4.78 is 27.0. The van der Waals surface area contributed by atoms with Gasteiger partial charge in [-0.2, -0.15) is 0 Å². The number of hydrogen-bond acceptors (Lipinski definition) is 3. The van der Waals surface area contributed by atoms with E-state index < -0.39 is 10.0 Å². The van der Waals surface area contributed by atoms with E-state index in [4.69, 9.17) is 0 Å². The second-order valence-electron chi connectivity index (χ2n) is 6.77. The molecule has 0 aliphatic rings. The maximum Gasteiger partial charge on any atom is 0.264 e. The summed E-state index contributed by atoms with van der Waals surface area (Å²) in [7, 11) is -2.13. The molecule has 0 aliphatic heterocycles. The predicted octanol–water partition coefficient (Wildman–Crippen LogP) is 4.05. The van der Waals surface area contributed by atoms with Crippen molar-refractivity contribution in [1.82, 2.24) is 5.32 Å². The Morgan fingerprint density at radius 1 is 1.04 bits per heavy atom. The molecule has 146 valence electrons. The van der Waals surface area contributed by atoms with Crippen LogP contribution >= 0.6 is 0 Å². The largest absolute Gasteiger partial charge is 0.349 e. The maximum absolute atomic E-state index is 12.9. The van der Waals surface area contributed by atoms with Crippen molar-refractivity contribution >= 4 is 21.6 Å². The molecule has 2 rings (SSSR count). The quantitative estimate of drug-likeness (QED) is 0.778. The zero-order valence-corrected chi connectivity index (χ0v) is 17.4. The molecule has 0 saturated carbocycles. The average Bonchev–Trinajstić information content (AvgIpc) is 2.65. The van der Waals surface area contributed by atoms with Crippen LogP contribution in [0.2, 0.25) is 0 Å². The predicted molar refractivity (Wildman–Crippen MR) is 110 cm³/mol. The summed E-state index contributed by atoms with van der Waals surface area (Å²) in [4.78, 5) is 12.7. The van der Waals surface area contributed by atoms with E-state index in [1.54, 1.807) is 42.5 Å². The van der Waals surface area contributed by atoms with Gasteiger partial charge in [-0.25, -0.2) is 8.42 Å². The molecule has 1 N–H and O–H groups in total. The summed E-state index contributed by atoms with van der Waals surface area (Å²) in [6.07, 6.45) is 1.74. The summed E-state index contributed by atoms with van der Waals surface area (Å²) in [6, 6.07) is 12.0. The monoisotopic (exact) mass is 388 g/mol. The summed E-state index contributed by atoms with van der Waals surface area (Å²) >= 11 is 0. The van der Waals surface area contributed by atoms with Gasteiger partial charge in [0.1, 0.15) is 0 Å². The normalized spacial score (nSPS) is 11.5. The molecule has 0 bridgehead atoms. The minimum atomic E-state index is -3.66. The van der Waals surface area contributed by atoms with Crippen molar-refractivity contribution in [2.24, 2.45) is 0 Å². The number of nitrogens with one attached hydrogen (secondary N) is 1. The van der Waals surface area contributed by atoms with E-state index in [1.165, 1.54) is 11.4 Å². The van der Waals surface area contributed by atoms with Gasteiger partial charge in [0.25, 0.3) is 15.9 Å². The number of carbonyl (C=O) groups is 1. The number of hydrogen-bond donors (Lipinski definition) is 1. The van der Waals surface area contributed by atoms with Crippen LogP contribution in [0.25, 0.3) is 0 Å². The van der Waals surface area contributed by atoms with Crippen molar-refractivity contribution in [3.63, 3.8) is 0 Å². The van der Waals surface area contributed by atoms with Gasteiger partial charge in [-0.1, -0.05) is 31.5 Å². The van der Waals surface area contributed by atoms with Crippen LogP contribution < -0.4 is 9.62 Å². The van der Waals surface area contributed by atoms with E-state index in [-0.39, 0.29) is 16.8 Å². The van der Waals surface area contributed by atoms with Crippen LogP contribution in [0.3, 0.4) is 0 Å². The topological polar surface area (TPSA) is 66.5 Å². The van der Waals surface area contributed by atoms with Crippen LogP contribution in [-0.2, 0) is 10.0 Å². The Kier molecular flexibility index (Phi) is 6.65. The van der Waals surface area contributed by atoms with Crippen LogP contribution in [-0.4, -0.2) is 27.4 Å². The van der Waals surface area contributed by atoms with Gasteiger partial charge in [0.05, 0.1) is 10.6 Å². The van der Waals surface area contributed by atoms with Gasteiger partial charge in [0.15, 0.2) is 0 Å². The van der Waals surface area contributed by atoms with Crippen LogP contribution in [0.5, 0.6) is 0 Å². The minimum Gasteiger partial charge on any atom is -0.349 e. The van der Waals surface area contributed by atoms with E-state index in [0.29, 0.717) is 11.3 Å². The number of sulfonamides is 1. The zero-order valence-electron chi connectivity index (χ0n) is 16.6. The van der Waals surface area contributed by atoms with E-state index in [0.717, 1.165) is 24.0 Å². The molecule has 2 aromatic carbocycles. The van der Waals surface area contributed by atoms with Gasteiger partial charge in [-0.15, -0.1) is 0 Å². The Balaban J connectivity index is 2.29. The first-order chi connectivity index (χ1) is 12.7. The SMILES string of the molecule is CCC(CC)NC(=O)c1ccc(N(C)S(=O)(=O)c2ccc(C)cc2)c(C)c1. The van der Waals surface area contributed by atoms with Gasteiger partial charge >= 0.3 is 0 Å². The van der Waals surface area contributed by atoms with Crippen LogP contribution in [0.1, 0.15) is 48.2 Å². The van der Waals surface area contributed by atoms with E-state index in [9.17, 15) is 13.2 Å². The molecule has 1 amide bonds. The second kappa shape index (κ2) is 8.57. The standard InChI is InChI=1S/C21H28N2O3S/c1-6-18(7-2)22-21(24)17-10-13-20(16(4)14-17)23(5)27(25,26)19-11-8-15(3)9-12-19/h8-14,18H,6-7H2,1-5H3,(H,22,24). The fourth-order valence-corrected chi connectivity index (χ4v) is 4.17. The summed E-state index contributed by atoms with van der Waals surface area (Å²) in [5, 5.41) is 3.00. The van der Waals surface area contributed by atoms with E-state index in [1.807, 2.05) is 27.7 Å². The Morgan fingerprint density at radius 3 is 2.15 bits per heavy atom. The second-order valence-corrected chi connectivity index (χ2v) is 8.74. The van der Waals surface area contributed by atoms with E-state index in [2.05, 4.69) is 5.32 Å². The highest BCUT2D eigenvalue weighted by Gasteiger charge is 2.23. The summed E-state index contributed by atoms with van der Waals surface area (Å²) in [5.74, 6) is -0.137. The smallest absolute Gasteiger partial charge is 0.264 e.